The van der Waals surface area contributed by atoms with Crippen molar-refractivity contribution in [2.45, 2.75) is 26.1 Å². The van der Waals surface area contributed by atoms with Crippen molar-refractivity contribution in [1.29, 1.82) is 0 Å². The first-order chi connectivity index (χ1) is 6.76. The number of hydrogen-bond acceptors (Lipinski definition) is 3. The average molecular weight is 195 g/mol. The second kappa shape index (κ2) is 5.62. The molecule has 0 bridgehead atoms. The fourth-order valence-electron chi connectivity index (χ4n) is 1.08. The summed E-state index contributed by atoms with van der Waals surface area (Å²) >= 11 is 0. The molecule has 1 atom stereocenters. The lowest BCUT2D eigenvalue weighted by atomic mass is 10.3. The fraction of sp³-hybridized carbons (Fsp3) is 0.455. The average Bonchev–Trinajstić information content (AvgIpc) is 2.63. The predicted molar refractivity (Wildman–Crippen MR) is 55.9 cm³/mol. The summed E-state index contributed by atoms with van der Waals surface area (Å²) in [7, 11) is 1.65. The largest absolute Gasteiger partial charge is 0.462 e. The normalized spacial score (nSPS) is 12.7. The number of nitrogens with one attached hydrogen (secondary N) is 1. The third-order valence-corrected chi connectivity index (χ3v) is 1.96. The number of hydrogen-bond donors (Lipinski definition) is 1. The summed E-state index contributed by atoms with van der Waals surface area (Å²) in [6, 6.07) is 4.18. The fourth-order valence-corrected chi connectivity index (χ4v) is 1.08. The molecular formula is C11H17NO2. The molecule has 0 radical (unpaired) electrons. The predicted octanol–water partition coefficient (Wildman–Crippen LogP) is 2.09. The van der Waals surface area contributed by atoms with Gasteiger partial charge >= 0.3 is 0 Å². The van der Waals surface area contributed by atoms with Gasteiger partial charge in [-0.2, -0.15) is 0 Å². The molecule has 1 aromatic rings. The zero-order valence-electron chi connectivity index (χ0n) is 8.75. The van der Waals surface area contributed by atoms with Crippen molar-refractivity contribution in [2.75, 3.05) is 7.11 Å². The molecule has 0 aromatic carbocycles. The minimum atomic E-state index is 0.297. The van der Waals surface area contributed by atoms with E-state index >= 15 is 0 Å². The van der Waals surface area contributed by atoms with Gasteiger partial charge in [-0.1, -0.05) is 6.08 Å². The van der Waals surface area contributed by atoms with Crippen molar-refractivity contribution in [3.8, 4) is 0 Å². The Hall–Kier alpha value is -1.06. The van der Waals surface area contributed by atoms with E-state index in [0.717, 1.165) is 18.1 Å². The van der Waals surface area contributed by atoms with Gasteiger partial charge < -0.3 is 14.5 Å². The lowest BCUT2D eigenvalue weighted by molar-refractivity contribution is 0.162. The molecule has 3 heteroatoms. The highest BCUT2D eigenvalue weighted by Crippen LogP contribution is 2.08. The van der Waals surface area contributed by atoms with Crippen LogP contribution >= 0.6 is 0 Å². The minimum Gasteiger partial charge on any atom is -0.462 e. The molecule has 0 saturated heterocycles. The van der Waals surface area contributed by atoms with Crippen LogP contribution in [-0.4, -0.2) is 13.2 Å². The lowest BCUT2D eigenvalue weighted by Gasteiger charge is -2.06. The van der Waals surface area contributed by atoms with Gasteiger partial charge in [0.05, 0.1) is 6.54 Å². The Kier molecular flexibility index (Phi) is 4.43. The third kappa shape index (κ3) is 3.36. The van der Waals surface area contributed by atoms with Crippen LogP contribution in [0.4, 0.5) is 0 Å². The number of rotatable bonds is 6. The van der Waals surface area contributed by atoms with Crippen LogP contribution in [0.1, 0.15) is 18.4 Å². The Balaban J connectivity index is 2.39. The van der Waals surface area contributed by atoms with Crippen LogP contribution in [0.15, 0.2) is 29.2 Å². The third-order valence-electron chi connectivity index (χ3n) is 1.96. The summed E-state index contributed by atoms with van der Waals surface area (Å²) in [6.45, 7) is 6.99. The molecule has 0 aliphatic heterocycles. The van der Waals surface area contributed by atoms with Crippen molar-refractivity contribution in [1.82, 2.24) is 5.32 Å². The van der Waals surface area contributed by atoms with E-state index in [2.05, 4.69) is 11.9 Å². The van der Waals surface area contributed by atoms with Gasteiger partial charge in [0.15, 0.2) is 0 Å². The van der Waals surface area contributed by atoms with E-state index in [9.17, 15) is 0 Å². The molecular weight excluding hydrogens is 178 g/mol. The van der Waals surface area contributed by atoms with Gasteiger partial charge in [-0.3, -0.25) is 0 Å². The maximum Gasteiger partial charge on any atom is 0.129 e. The number of furan rings is 1. The van der Waals surface area contributed by atoms with Crippen molar-refractivity contribution in [3.05, 3.63) is 36.3 Å². The molecule has 1 N–H and O–H groups in total. The smallest absolute Gasteiger partial charge is 0.129 e. The van der Waals surface area contributed by atoms with Crippen LogP contribution in [0.5, 0.6) is 0 Å². The molecule has 3 nitrogen and oxygen atoms in total. The van der Waals surface area contributed by atoms with E-state index in [4.69, 9.17) is 9.15 Å². The summed E-state index contributed by atoms with van der Waals surface area (Å²) in [6.07, 6.45) is 1.86. The molecule has 1 heterocycles. The van der Waals surface area contributed by atoms with Crippen molar-refractivity contribution < 1.29 is 9.15 Å². The quantitative estimate of drug-likeness (QED) is 0.706. The summed E-state index contributed by atoms with van der Waals surface area (Å²) in [5.74, 6) is 1.78. The monoisotopic (exact) mass is 195 g/mol. The van der Waals surface area contributed by atoms with Crippen LogP contribution in [0.2, 0.25) is 0 Å². The van der Waals surface area contributed by atoms with Gasteiger partial charge in [0.25, 0.3) is 0 Å². The van der Waals surface area contributed by atoms with E-state index in [1.165, 1.54) is 0 Å². The zero-order chi connectivity index (χ0) is 10.4. The molecule has 0 amide bonds. The molecule has 78 valence electrons. The molecule has 0 aliphatic carbocycles. The Morgan fingerprint density at radius 2 is 2.29 bits per heavy atom. The van der Waals surface area contributed by atoms with Crippen LogP contribution in [-0.2, 0) is 17.9 Å². The lowest BCUT2D eigenvalue weighted by Crippen LogP contribution is -2.22. The van der Waals surface area contributed by atoms with Crippen LogP contribution < -0.4 is 5.32 Å². The summed E-state index contributed by atoms with van der Waals surface area (Å²) in [4.78, 5) is 0. The zero-order valence-corrected chi connectivity index (χ0v) is 8.75. The minimum absolute atomic E-state index is 0.297. The van der Waals surface area contributed by atoms with Gasteiger partial charge in [-0.25, -0.2) is 0 Å². The van der Waals surface area contributed by atoms with Crippen molar-refractivity contribution in [3.63, 3.8) is 0 Å². The van der Waals surface area contributed by atoms with Gasteiger partial charge in [-0.15, -0.1) is 6.58 Å². The van der Waals surface area contributed by atoms with E-state index in [0.29, 0.717) is 12.6 Å². The van der Waals surface area contributed by atoms with E-state index in [-0.39, 0.29) is 0 Å². The molecule has 1 rings (SSSR count). The standard InChI is InChI=1S/C11H17NO2/c1-4-9(2)12-7-10-5-6-11(14-10)8-13-3/h4-6,9,12H,1,7-8H2,2-3H3. The van der Waals surface area contributed by atoms with Gasteiger partial charge in [0, 0.05) is 13.2 Å². The van der Waals surface area contributed by atoms with E-state index in [1.807, 2.05) is 25.1 Å². The molecule has 1 unspecified atom stereocenters. The topological polar surface area (TPSA) is 34.4 Å². The van der Waals surface area contributed by atoms with E-state index < -0.39 is 0 Å². The van der Waals surface area contributed by atoms with Crippen LogP contribution in [0.25, 0.3) is 0 Å². The molecule has 14 heavy (non-hydrogen) atoms. The Labute approximate surface area is 84.8 Å². The van der Waals surface area contributed by atoms with Gasteiger partial charge in [0.2, 0.25) is 0 Å². The summed E-state index contributed by atoms with van der Waals surface area (Å²) in [5.41, 5.74) is 0. The first kappa shape index (κ1) is 11.0. The summed E-state index contributed by atoms with van der Waals surface area (Å²) in [5, 5.41) is 3.25. The molecule has 0 fully saturated rings. The number of ether oxygens (including phenoxy) is 1. The van der Waals surface area contributed by atoms with Crippen molar-refractivity contribution >= 4 is 0 Å². The van der Waals surface area contributed by atoms with Gasteiger partial charge in [0.1, 0.15) is 18.1 Å². The highest BCUT2D eigenvalue weighted by Gasteiger charge is 2.02. The Morgan fingerprint density at radius 3 is 2.93 bits per heavy atom. The molecule has 0 saturated carbocycles. The SMILES string of the molecule is C=CC(C)NCc1ccc(COC)o1. The molecule has 1 aromatic heterocycles. The second-order valence-electron chi connectivity index (χ2n) is 3.21. The van der Waals surface area contributed by atoms with Crippen LogP contribution in [0, 0.1) is 0 Å². The maximum absolute atomic E-state index is 5.50. The Bertz CT molecular complexity index is 281. The molecule has 0 aliphatic rings. The first-order valence-electron chi connectivity index (χ1n) is 4.68. The Morgan fingerprint density at radius 1 is 1.57 bits per heavy atom. The van der Waals surface area contributed by atoms with E-state index in [1.54, 1.807) is 7.11 Å². The maximum atomic E-state index is 5.50. The molecule has 0 spiro atoms. The van der Waals surface area contributed by atoms with Crippen LogP contribution in [0.3, 0.4) is 0 Å². The van der Waals surface area contributed by atoms with Gasteiger partial charge in [-0.05, 0) is 19.1 Å². The van der Waals surface area contributed by atoms with Crippen molar-refractivity contribution in [2.24, 2.45) is 0 Å². The second-order valence-corrected chi connectivity index (χ2v) is 3.21. The first-order valence-corrected chi connectivity index (χ1v) is 4.68. The number of methoxy groups -OCH3 is 1. The highest BCUT2D eigenvalue weighted by molar-refractivity contribution is 5.06. The summed E-state index contributed by atoms with van der Waals surface area (Å²) < 4.78 is 10.5. The highest BCUT2D eigenvalue weighted by atomic mass is 16.5.